The van der Waals surface area contributed by atoms with Gasteiger partial charge in [-0.15, -0.1) is 11.3 Å². The van der Waals surface area contributed by atoms with Crippen LogP contribution in [0.15, 0.2) is 22.5 Å². The molecule has 0 saturated carbocycles. The van der Waals surface area contributed by atoms with E-state index in [1.165, 1.54) is 4.88 Å². The lowest BCUT2D eigenvalue weighted by molar-refractivity contribution is 0.00752. The monoisotopic (exact) mass is 324 g/mol. The van der Waals surface area contributed by atoms with E-state index in [0.717, 1.165) is 45.4 Å². The Balaban J connectivity index is 1.81. The molecule has 2 rings (SSSR count). The molecule has 2 N–H and O–H groups in total. The molecule has 1 fully saturated rings. The summed E-state index contributed by atoms with van der Waals surface area (Å²) in [5.74, 6) is 1.47. The summed E-state index contributed by atoms with van der Waals surface area (Å²) >= 11 is 1.76. The van der Waals surface area contributed by atoms with Crippen LogP contribution in [-0.2, 0) is 11.3 Å². The molecule has 6 heteroatoms. The van der Waals surface area contributed by atoms with Gasteiger partial charge < -0.3 is 15.4 Å². The van der Waals surface area contributed by atoms with Crippen molar-refractivity contribution in [2.45, 2.75) is 26.4 Å². The minimum absolute atomic E-state index is 0.504. The number of nitrogens with one attached hydrogen (secondary N) is 2. The Hall–Kier alpha value is -1.11. The van der Waals surface area contributed by atoms with Gasteiger partial charge in [0.05, 0.1) is 19.8 Å². The van der Waals surface area contributed by atoms with Crippen LogP contribution in [0.25, 0.3) is 0 Å². The molecule has 1 aliphatic heterocycles. The van der Waals surface area contributed by atoms with Crippen molar-refractivity contribution in [3.05, 3.63) is 22.4 Å². The fraction of sp³-hybridized carbons (Fsp3) is 0.688. The second-order valence-corrected chi connectivity index (χ2v) is 6.88. The standard InChI is InChI=1S/C16H28N4OS/c1-13(2)15(20-6-8-21-9-7-20)12-19-16(17-3)18-11-14-5-4-10-22-14/h4-5,10,13,15H,6-9,11-12H2,1-3H3,(H2,17,18,19). The maximum Gasteiger partial charge on any atom is 0.191 e. The molecule has 124 valence electrons. The van der Waals surface area contributed by atoms with Crippen LogP contribution in [0, 0.1) is 5.92 Å². The van der Waals surface area contributed by atoms with Gasteiger partial charge >= 0.3 is 0 Å². The third-order valence-electron chi connectivity index (χ3n) is 4.00. The van der Waals surface area contributed by atoms with Crippen molar-refractivity contribution in [3.63, 3.8) is 0 Å². The Morgan fingerprint density at radius 3 is 2.73 bits per heavy atom. The van der Waals surface area contributed by atoms with Crippen LogP contribution in [0.4, 0.5) is 0 Å². The first kappa shape index (κ1) is 17.2. The molecule has 0 spiro atoms. The van der Waals surface area contributed by atoms with Crippen molar-refractivity contribution < 1.29 is 4.74 Å². The number of morpholine rings is 1. The number of guanidine groups is 1. The molecule has 2 heterocycles. The Morgan fingerprint density at radius 1 is 1.36 bits per heavy atom. The number of nitrogens with zero attached hydrogens (tertiary/aromatic N) is 2. The first-order valence-electron chi connectivity index (χ1n) is 7.99. The summed E-state index contributed by atoms with van der Waals surface area (Å²) in [4.78, 5) is 8.16. The van der Waals surface area contributed by atoms with Gasteiger partial charge in [0.2, 0.25) is 0 Å². The van der Waals surface area contributed by atoms with Crippen molar-refractivity contribution in [2.75, 3.05) is 39.9 Å². The first-order chi connectivity index (χ1) is 10.7. The third-order valence-corrected chi connectivity index (χ3v) is 4.87. The highest BCUT2D eigenvalue weighted by Gasteiger charge is 2.23. The van der Waals surface area contributed by atoms with Crippen LogP contribution in [0.5, 0.6) is 0 Å². The highest BCUT2D eigenvalue weighted by Crippen LogP contribution is 2.12. The molecule has 1 saturated heterocycles. The van der Waals surface area contributed by atoms with Gasteiger partial charge in [-0.05, 0) is 17.4 Å². The van der Waals surface area contributed by atoms with Crippen molar-refractivity contribution in [1.29, 1.82) is 0 Å². The van der Waals surface area contributed by atoms with E-state index in [2.05, 4.69) is 51.9 Å². The Bertz CT molecular complexity index is 441. The maximum absolute atomic E-state index is 5.46. The zero-order valence-corrected chi connectivity index (χ0v) is 14.7. The van der Waals surface area contributed by atoms with Crippen LogP contribution in [0.3, 0.4) is 0 Å². The third kappa shape index (κ3) is 5.26. The Kier molecular flexibility index (Phi) is 7.15. The number of ether oxygens (including phenoxy) is 1. The van der Waals surface area contributed by atoms with Gasteiger partial charge in [0.25, 0.3) is 0 Å². The molecule has 1 aliphatic rings. The van der Waals surface area contributed by atoms with E-state index in [1.54, 1.807) is 11.3 Å². The van der Waals surface area contributed by atoms with E-state index < -0.39 is 0 Å². The Morgan fingerprint density at radius 2 is 2.14 bits per heavy atom. The molecule has 1 aromatic rings. The molecule has 1 aromatic heterocycles. The van der Waals surface area contributed by atoms with E-state index in [0.29, 0.717) is 12.0 Å². The number of rotatable bonds is 6. The molecule has 0 bridgehead atoms. The fourth-order valence-electron chi connectivity index (χ4n) is 2.70. The van der Waals surface area contributed by atoms with Gasteiger partial charge in [0.15, 0.2) is 5.96 Å². The summed E-state index contributed by atoms with van der Waals surface area (Å²) in [5, 5.41) is 8.94. The molecule has 0 aliphatic carbocycles. The average molecular weight is 324 g/mol. The van der Waals surface area contributed by atoms with E-state index >= 15 is 0 Å². The normalized spacial score (nSPS) is 18.5. The number of hydrogen-bond donors (Lipinski definition) is 2. The number of hydrogen-bond acceptors (Lipinski definition) is 4. The molecule has 5 nitrogen and oxygen atoms in total. The summed E-state index contributed by atoms with van der Waals surface area (Å²) < 4.78 is 5.46. The summed E-state index contributed by atoms with van der Waals surface area (Å²) in [6, 6.07) is 4.71. The molecule has 22 heavy (non-hydrogen) atoms. The van der Waals surface area contributed by atoms with Crippen molar-refractivity contribution in [2.24, 2.45) is 10.9 Å². The minimum atomic E-state index is 0.504. The largest absolute Gasteiger partial charge is 0.379 e. The zero-order valence-electron chi connectivity index (χ0n) is 13.8. The predicted molar refractivity (Wildman–Crippen MR) is 93.5 cm³/mol. The van der Waals surface area contributed by atoms with E-state index in [-0.39, 0.29) is 0 Å². The highest BCUT2D eigenvalue weighted by molar-refractivity contribution is 7.09. The molecular formula is C16H28N4OS. The number of aliphatic imine (C=N–C) groups is 1. The molecule has 1 atom stereocenters. The van der Waals surface area contributed by atoms with Gasteiger partial charge in [0, 0.05) is 37.6 Å². The quantitative estimate of drug-likeness (QED) is 0.618. The predicted octanol–water partition coefficient (Wildman–Crippen LogP) is 1.77. The van der Waals surface area contributed by atoms with E-state index in [1.807, 2.05) is 7.05 Å². The second-order valence-electron chi connectivity index (χ2n) is 5.85. The lowest BCUT2D eigenvalue weighted by Gasteiger charge is -2.37. The van der Waals surface area contributed by atoms with Crippen LogP contribution in [0.1, 0.15) is 18.7 Å². The van der Waals surface area contributed by atoms with Crippen molar-refractivity contribution in [1.82, 2.24) is 15.5 Å². The average Bonchev–Trinajstić information content (AvgIpc) is 3.04. The lowest BCUT2D eigenvalue weighted by atomic mass is 10.0. The van der Waals surface area contributed by atoms with Gasteiger partial charge in [0.1, 0.15) is 0 Å². The summed E-state index contributed by atoms with van der Waals surface area (Å²) in [6.07, 6.45) is 0. The van der Waals surface area contributed by atoms with Gasteiger partial charge in [-0.1, -0.05) is 19.9 Å². The van der Waals surface area contributed by atoms with Crippen LogP contribution < -0.4 is 10.6 Å². The highest BCUT2D eigenvalue weighted by atomic mass is 32.1. The smallest absolute Gasteiger partial charge is 0.191 e. The lowest BCUT2D eigenvalue weighted by Crippen LogP contribution is -2.52. The van der Waals surface area contributed by atoms with E-state index in [9.17, 15) is 0 Å². The van der Waals surface area contributed by atoms with Gasteiger partial charge in [-0.2, -0.15) is 0 Å². The number of thiophene rings is 1. The summed E-state index contributed by atoms with van der Waals surface area (Å²) in [6.45, 7) is 10.0. The molecule has 1 unspecified atom stereocenters. The SMILES string of the molecule is CN=C(NCc1cccs1)NCC(C(C)C)N1CCOCC1. The van der Waals surface area contributed by atoms with E-state index in [4.69, 9.17) is 4.74 Å². The summed E-state index contributed by atoms with van der Waals surface area (Å²) in [5.41, 5.74) is 0. The van der Waals surface area contributed by atoms with Crippen LogP contribution >= 0.6 is 11.3 Å². The van der Waals surface area contributed by atoms with Crippen LogP contribution in [-0.4, -0.2) is 56.8 Å². The summed E-state index contributed by atoms with van der Waals surface area (Å²) in [7, 11) is 1.82. The fourth-order valence-corrected chi connectivity index (χ4v) is 3.35. The minimum Gasteiger partial charge on any atom is -0.379 e. The van der Waals surface area contributed by atoms with Gasteiger partial charge in [-0.25, -0.2) is 0 Å². The zero-order chi connectivity index (χ0) is 15.8. The van der Waals surface area contributed by atoms with Crippen molar-refractivity contribution in [3.8, 4) is 0 Å². The van der Waals surface area contributed by atoms with Crippen LogP contribution in [0.2, 0.25) is 0 Å². The molecular weight excluding hydrogens is 296 g/mol. The molecule has 0 amide bonds. The first-order valence-corrected chi connectivity index (χ1v) is 8.87. The van der Waals surface area contributed by atoms with Gasteiger partial charge in [-0.3, -0.25) is 9.89 Å². The topological polar surface area (TPSA) is 48.9 Å². The molecule has 0 radical (unpaired) electrons. The molecule has 0 aromatic carbocycles. The second kappa shape index (κ2) is 9.12. The Labute approximate surface area is 137 Å². The van der Waals surface area contributed by atoms with Crippen molar-refractivity contribution >= 4 is 17.3 Å². The maximum atomic E-state index is 5.46.